The number of nitrogens with one attached hydrogen (secondary N) is 1. The predicted molar refractivity (Wildman–Crippen MR) is 65.2 cm³/mol. The van der Waals surface area contributed by atoms with E-state index >= 15 is 0 Å². The number of nitrogens with zero attached hydrogens (tertiary/aromatic N) is 1. The van der Waals surface area contributed by atoms with Crippen LogP contribution in [-0.4, -0.2) is 36.0 Å². The van der Waals surface area contributed by atoms with E-state index in [9.17, 15) is 4.79 Å². The van der Waals surface area contributed by atoms with Crippen molar-refractivity contribution in [1.29, 1.82) is 0 Å². The third kappa shape index (κ3) is 2.85. The summed E-state index contributed by atoms with van der Waals surface area (Å²) < 4.78 is 0. The lowest BCUT2D eigenvalue weighted by molar-refractivity contribution is -0.117. The lowest BCUT2D eigenvalue weighted by Gasteiger charge is -2.23. The van der Waals surface area contributed by atoms with Crippen molar-refractivity contribution < 1.29 is 4.79 Å². The molecule has 3 heteroatoms. The van der Waals surface area contributed by atoms with Crippen LogP contribution < -0.4 is 5.32 Å². The van der Waals surface area contributed by atoms with Gasteiger partial charge in [-0.1, -0.05) is 18.9 Å². The topological polar surface area (TPSA) is 32.3 Å². The fourth-order valence-corrected chi connectivity index (χ4v) is 2.91. The molecule has 0 bridgehead atoms. The Labute approximate surface area is 97.9 Å². The van der Waals surface area contributed by atoms with Crippen LogP contribution >= 0.6 is 0 Å². The molecule has 0 aromatic rings. The summed E-state index contributed by atoms with van der Waals surface area (Å²) in [7, 11) is 0. The fourth-order valence-electron chi connectivity index (χ4n) is 2.91. The van der Waals surface area contributed by atoms with Crippen LogP contribution in [0.15, 0.2) is 12.2 Å². The van der Waals surface area contributed by atoms with Crippen molar-refractivity contribution in [2.45, 2.75) is 51.1 Å². The van der Waals surface area contributed by atoms with Crippen molar-refractivity contribution in [1.82, 2.24) is 10.2 Å². The van der Waals surface area contributed by atoms with Gasteiger partial charge in [0.25, 0.3) is 0 Å². The summed E-state index contributed by atoms with van der Waals surface area (Å²) in [6.45, 7) is 4.08. The van der Waals surface area contributed by atoms with Crippen LogP contribution in [0.25, 0.3) is 0 Å². The Kier molecular flexibility index (Phi) is 3.99. The highest BCUT2D eigenvalue weighted by molar-refractivity contribution is 5.87. The Morgan fingerprint density at radius 3 is 2.75 bits per heavy atom. The van der Waals surface area contributed by atoms with Gasteiger partial charge in [-0.05, 0) is 32.3 Å². The van der Waals surface area contributed by atoms with Crippen molar-refractivity contribution in [3.8, 4) is 0 Å². The molecule has 1 aliphatic heterocycles. The molecule has 1 heterocycles. The van der Waals surface area contributed by atoms with Gasteiger partial charge in [-0.2, -0.15) is 0 Å². The van der Waals surface area contributed by atoms with Gasteiger partial charge in [0.15, 0.2) is 0 Å². The molecule has 16 heavy (non-hydrogen) atoms. The lowest BCUT2D eigenvalue weighted by Crippen LogP contribution is -2.38. The van der Waals surface area contributed by atoms with E-state index in [0.29, 0.717) is 6.04 Å². The van der Waals surface area contributed by atoms with Crippen LogP contribution in [0.2, 0.25) is 0 Å². The standard InChI is InChI=1S/C13H22N2O/c1-2-5-13(16)14-11-8-9-15(10-11)12-6-3-4-7-12/h2,5,11-12H,3-4,6-10H2,1H3,(H,14,16)/b5-2+. The summed E-state index contributed by atoms with van der Waals surface area (Å²) in [4.78, 5) is 14.0. The molecule has 1 unspecified atom stereocenters. The van der Waals surface area contributed by atoms with Crippen molar-refractivity contribution in [2.24, 2.45) is 0 Å². The van der Waals surface area contributed by atoms with Crippen LogP contribution in [0.5, 0.6) is 0 Å². The molecule has 0 aromatic heterocycles. The third-order valence-electron chi connectivity index (χ3n) is 3.73. The van der Waals surface area contributed by atoms with Crippen LogP contribution in [0.1, 0.15) is 39.0 Å². The van der Waals surface area contributed by atoms with Crippen LogP contribution in [-0.2, 0) is 4.79 Å². The predicted octanol–water partition coefficient (Wildman–Crippen LogP) is 1.70. The highest BCUT2D eigenvalue weighted by Gasteiger charge is 2.30. The molecule has 2 aliphatic rings. The highest BCUT2D eigenvalue weighted by atomic mass is 16.1. The number of hydrogen-bond acceptors (Lipinski definition) is 2. The molecule has 1 atom stereocenters. The number of hydrogen-bond donors (Lipinski definition) is 1. The van der Waals surface area contributed by atoms with E-state index < -0.39 is 0 Å². The van der Waals surface area contributed by atoms with Gasteiger partial charge in [-0.25, -0.2) is 0 Å². The Balaban J connectivity index is 1.76. The van der Waals surface area contributed by atoms with E-state index in [1.165, 1.54) is 25.7 Å². The molecule has 1 aliphatic carbocycles. The van der Waals surface area contributed by atoms with Crippen molar-refractivity contribution >= 4 is 5.91 Å². The van der Waals surface area contributed by atoms with Gasteiger partial charge in [0.1, 0.15) is 0 Å². The molecule has 0 radical (unpaired) electrons. The molecule has 2 fully saturated rings. The van der Waals surface area contributed by atoms with Crippen LogP contribution in [0.3, 0.4) is 0 Å². The fraction of sp³-hybridized carbons (Fsp3) is 0.769. The molecule has 1 saturated carbocycles. The number of amides is 1. The molecule has 3 nitrogen and oxygen atoms in total. The Hall–Kier alpha value is -0.830. The third-order valence-corrected chi connectivity index (χ3v) is 3.73. The zero-order valence-electron chi connectivity index (χ0n) is 10.1. The van der Waals surface area contributed by atoms with Gasteiger partial charge in [0.05, 0.1) is 0 Å². The molecule has 1 N–H and O–H groups in total. The van der Waals surface area contributed by atoms with Gasteiger partial charge < -0.3 is 5.32 Å². The molecule has 2 rings (SSSR count). The second-order valence-corrected chi connectivity index (χ2v) is 4.93. The molecular weight excluding hydrogens is 200 g/mol. The number of carbonyl (C=O) groups excluding carboxylic acids is 1. The number of allylic oxidation sites excluding steroid dienone is 1. The van der Waals surface area contributed by atoms with E-state index in [1.54, 1.807) is 12.2 Å². The monoisotopic (exact) mass is 222 g/mol. The smallest absolute Gasteiger partial charge is 0.243 e. The van der Waals surface area contributed by atoms with E-state index in [2.05, 4.69) is 10.2 Å². The second kappa shape index (κ2) is 5.48. The SMILES string of the molecule is C/C=C/C(=O)NC1CCN(C2CCCC2)C1. The molecule has 0 aromatic carbocycles. The molecule has 90 valence electrons. The maximum absolute atomic E-state index is 11.4. The van der Waals surface area contributed by atoms with Crippen LogP contribution in [0, 0.1) is 0 Å². The van der Waals surface area contributed by atoms with Crippen LogP contribution in [0.4, 0.5) is 0 Å². The van der Waals surface area contributed by atoms with E-state index in [-0.39, 0.29) is 5.91 Å². The summed E-state index contributed by atoms with van der Waals surface area (Å²) in [6, 6.07) is 1.16. The largest absolute Gasteiger partial charge is 0.348 e. The van der Waals surface area contributed by atoms with Gasteiger partial charge in [0, 0.05) is 25.2 Å². The first kappa shape index (κ1) is 11.6. The molecule has 1 saturated heterocycles. The number of rotatable bonds is 3. The Morgan fingerprint density at radius 2 is 2.06 bits per heavy atom. The minimum atomic E-state index is 0.0563. The zero-order valence-corrected chi connectivity index (χ0v) is 10.1. The first-order chi connectivity index (χ1) is 7.79. The summed E-state index contributed by atoms with van der Waals surface area (Å²) in [6.07, 6.45) is 10.00. The van der Waals surface area contributed by atoms with E-state index in [4.69, 9.17) is 0 Å². The van der Waals surface area contributed by atoms with Crippen molar-refractivity contribution in [2.75, 3.05) is 13.1 Å². The van der Waals surface area contributed by atoms with Crippen molar-refractivity contribution in [3.05, 3.63) is 12.2 Å². The lowest BCUT2D eigenvalue weighted by atomic mass is 10.2. The van der Waals surface area contributed by atoms with E-state index in [1.807, 2.05) is 6.92 Å². The molecule has 0 spiro atoms. The van der Waals surface area contributed by atoms with Gasteiger partial charge in [0.2, 0.25) is 5.91 Å². The number of likely N-dealkylation sites (tertiary alicyclic amines) is 1. The maximum atomic E-state index is 11.4. The zero-order chi connectivity index (χ0) is 11.4. The molecular formula is C13H22N2O. The first-order valence-electron chi connectivity index (χ1n) is 6.47. The van der Waals surface area contributed by atoms with Gasteiger partial charge in [-0.15, -0.1) is 0 Å². The molecule has 1 amide bonds. The summed E-state index contributed by atoms with van der Waals surface area (Å²) in [5.74, 6) is 0.0563. The van der Waals surface area contributed by atoms with E-state index in [0.717, 1.165) is 25.6 Å². The Morgan fingerprint density at radius 1 is 1.31 bits per heavy atom. The average Bonchev–Trinajstić information content (AvgIpc) is 2.86. The maximum Gasteiger partial charge on any atom is 0.243 e. The second-order valence-electron chi connectivity index (χ2n) is 4.93. The number of carbonyl (C=O) groups is 1. The minimum absolute atomic E-state index is 0.0563. The quantitative estimate of drug-likeness (QED) is 0.737. The minimum Gasteiger partial charge on any atom is -0.348 e. The normalized spacial score (nSPS) is 27.9. The summed E-state index contributed by atoms with van der Waals surface area (Å²) in [5, 5.41) is 3.07. The summed E-state index contributed by atoms with van der Waals surface area (Å²) >= 11 is 0. The Bertz CT molecular complexity index is 269. The average molecular weight is 222 g/mol. The first-order valence-corrected chi connectivity index (χ1v) is 6.47. The van der Waals surface area contributed by atoms with Gasteiger partial charge >= 0.3 is 0 Å². The summed E-state index contributed by atoms with van der Waals surface area (Å²) in [5.41, 5.74) is 0. The highest BCUT2D eigenvalue weighted by Crippen LogP contribution is 2.26. The van der Waals surface area contributed by atoms with Crippen molar-refractivity contribution in [3.63, 3.8) is 0 Å². The van der Waals surface area contributed by atoms with Gasteiger partial charge in [-0.3, -0.25) is 9.69 Å².